The van der Waals surface area contributed by atoms with E-state index in [1.165, 1.54) is 10.5 Å². The van der Waals surface area contributed by atoms with Gasteiger partial charge in [0, 0.05) is 67.6 Å². The molecule has 0 N–H and O–H groups in total. The third-order valence-electron chi connectivity index (χ3n) is 7.64. The first-order valence-electron chi connectivity index (χ1n) is 13.3. The summed E-state index contributed by atoms with van der Waals surface area (Å²) in [5, 5.41) is 0. The van der Waals surface area contributed by atoms with E-state index in [2.05, 4.69) is 17.1 Å². The lowest BCUT2D eigenvalue weighted by molar-refractivity contribution is -0.164. The summed E-state index contributed by atoms with van der Waals surface area (Å²) in [5.41, 5.74) is 2.11. The molecule has 8 nitrogen and oxygen atoms in total. The summed E-state index contributed by atoms with van der Waals surface area (Å²) in [6, 6.07) is 12.2. The zero-order valence-corrected chi connectivity index (χ0v) is 22.8. The van der Waals surface area contributed by atoms with Gasteiger partial charge < -0.3 is 18.9 Å². The predicted molar refractivity (Wildman–Crippen MR) is 146 cm³/mol. The lowest BCUT2D eigenvalue weighted by atomic mass is 9.83. The highest BCUT2D eigenvalue weighted by Crippen LogP contribution is 2.42. The molecule has 38 heavy (non-hydrogen) atoms. The molecule has 0 radical (unpaired) electrons. The van der Waals surface area contributed by atoms with Gasteiger partial charge in [-0.25, -0.2) is 4.98 Å². The maximum Gasteiger partial charge on any atom is 0.305 e. The number of benzene rings is 1. The zero-order chi connectivity index (χ0) is 26.7. The predicted octanol–water partition coefficient (Wildman–Crippen LogP) is 4.28. The molecule has 4 heterocycles. The second-order valence-corrected chi connectivity index (χ2v) is 11.2. The molecular weight excluding hydrogens is 500 g/mol. The van der Waals surface area contributed by atoms with Gasteiger partial charge in [0.1, 0.15) is 11.2 Å². The third kappa shape index (κ3) is 5.29. The number of likely N-dealkylation sites (tertiary alicyclic amines) is 1. The van der Waals surface area contributed by atoms with Crippen LogP contribution in [0.25, 0.3) is 5.65 Å². The van der Waals surface area contributed by atoms with Crippen molar-refractivity contribution in [1.29, 1.82) is 0 Å². The van der Waals surface area contributed by atoms with E-state index < -0.39 is 5.54 Å². The minimum atomic E-state index is -0.885. The first-order valence-corrected chi connectivity index (χ1v) is 14.3. The van der Waals surface area contributed by atoms with Gasteiger partial charge in [-0.15, -0.1) is 11.8 Å². The van der Waals surface area contributed by atoms with Gasteiger partial charge in [0.15, 0.2) is 0 Å². The fraction of sp³-hybridized carbons (Fsp3) is 0.448. The molecular formula is C29H34N4O4S. The van der Waals surface area contributed by atoms with Crippen molar-refractivity contribution in [3.8, 4) is 0 Å². The molecule has 9 heteroatoms. The topological polar surface area (TPSA) is 84.2 Å². The summed E-state index contributed by atoms with van der Waals surface area (Å²) in [6.07, 6.45) is 7.32. The zero-order valence-electron chi connectivity index (χ0n) is 22.0. The van der Waals surface area contributed by atoms with Crippen LogP contribution in [0.15, 0.2) is 59.9 Å². The highest BCUT2D eigenvalue weighted by Gasteiger charge is 2.51. The number of hydrogen-bond acceptors (Lipinski definition) is 6. The van der Waals surface area contributed by atoms with Crippen LogP contribution < -0.4 is 0 Å². The first kappa shape index (κ1) is 26.3. The van der Waals surface area contributed by atoms with Crippen LogP contribution in [0.3, 0.4) is 0 Å². The maximum atomic E-state index is 14.0. The lowest BCUT2D eigenvalue weighted by Crippen LogP contribution is -2.67. The van der Waals surface area contributed by atoms with Crippen molar-refractivity contribution in [2.24, 2.45) is 0 Å². The van der Waals surface area contributed by atoms with Gasteiger partial charge in [-0.05, 0) is 56.0 Å². The number of aromatic nitrogens is 2. The number of hydrogen-bond donors (Lipinski definition) is 0. The molecule has 2 aliphatic heterocycles. The second kappa shape index (κ2) is 11.2. The highest BCUT2D eigenvalue weighted by atomic mass is 32.2. The van der Waals surface area contributed by atoms with E-state index in [4.69, 9.17) is 4.74 Å². The average Bonchev–Trinajstić information content (AvgIpc) is 3.53. The number of pyridine rings is 1. The molecule has 2 aliphatic rings. The largest absolute Gasteiger partial charge is 0.466 e. The Kier molecular flexibility index (Phi) is 7.74. The molecule has 0 spiro atoms. The third-order valence-corrected chi connectivity index (χ3v) is 8.89. The number of esters is 1. The van der Waals surface area contributed by atoms with Crippen LogP contribution in [0.4, 0.5) is 0 Å². The Labute approximate surface area is 227 Å². The number of imidazole rings is 1. The Hall–Kier alpha value is -3.33. The van der Waals surface area contributed by atoms with Crippen molar-refractivity contribution in [3.63, 3.8) is 0 Å². The number of carbonyl (C=O) groups excluding carboxylic acids is 3. The number of amides is 2. The minimum absolute atomic E-state index is 0.0275. The number of carbonyl (C=O) groups is 3. The summed E-state index contributed by atoms with van der Waals surface area (Å²) in [6.45, 7) is 5.37. The van der Waals surface area contributed by atoms with E-state index in [0.717, 1.165) is 17.0 Å². The maximum absolute atomic E-state index is 14.0. The van der Waals surface area contributed by atoms with Crippen molar-refractivity contribution in [2.45, 2.75) is 62.4 Å². The Balaban J connectivity index is 1.30. The summed E-state index contributed by atoms with van der Waals surface area (Å²) in [4.78, 5) is 48.6. The van der Waals surface area contributed by atoms with Crippen LogP contribution >= 0.6 is 11.8 Å². The van der Waals surface area contributed by atoms with Gasteiger partial charge in [0.25, 0.3) is 0 Å². The molecule has 2 unspecified atom stereocenters. The summed E-state index contributed by atoms with van der Waals surface area (Å²) < 4.78 is 6.99. The standard InChI is InChI=1S/C29H34N4O4S/c1-3-37-27(35)9-6-13-32(19-21-10-14-31-16-12-30-25(31)17-21)28(36)29(2)11-15-33(29)26(34)18-22-20-38-24-8-5-4-7-23(22)24/h4-5,7-8,10,12,14,16-17,22H,3,6,9,11,13,15,18-20H2,1-2H3. The molecule has 1 fully saturated rings. The lowest BCUT2D eigenvalue weighted by Gasteiger charge is -2.51. The molecule has 1 aromatic carbocycles. The van der Waals surface area contributed by atoms with Crippen molar-refractivity contribution in [2.75, 3.05) is 25.4 Å². The van der Waals surface area contributed by atoms with E-state index in [1.807, 2.05) is 48.0 Å². The van der Waals surface area contributed by atoms with Crippen molar-refractivity contribution >= 4 is 35.2 Å². The molecule has 2 amide bonds. The van der Waals surface area contributed by atoms with E-state index in [-0.39, 0.29) is 30.1 Å². The number of rotatable bonds is 10. The SMILES string of the molecule is CCOC(=O)CCCN(Cc1ccn2ccnc2c1)C(=O)C1(C)CCN1C(=O)CC1CSc2ccccc21. The van der Waals surface area contributed by atoms with Crippen molar-refractivity contribution in [3.05, 3.63) is 66.1 Å². The second-order valence-electron chi connectivity index (χ2n) is 10.2. The molecule has 0 aliphatic carbocycles. The van der Waals surface area contributed by atoms with Crippen LogP contribution in [0.1, 0.15) is 56.6 Å². The van der Waals surface area contributed by atoms with Crippen molar-refractivity contribution < 1.29 is 19.1 Å². The van der Waals surface area contributed by atoms with Gasteiger partial charge in [0.05, 0.1) is 6.61 Å². The van der Waals surface area contributed by atoms with Gasteiger partial charge in [-0.1, -0.05) is 18.2 Å². The molecule has 2 aromatic heterocycles. The molecule has 3 aromatic rings. The van der Waals surface area contributed by atoms with E-state index in [9.17, 15) is 14.4 Å². The summed E-state index contributed by atoms with van der Waals surface area (Å²) in [7, 11) is 0. The Morgan fingerprint density at radius 2 is 2.05 bits per heavy atom. The van der Waals surface area contributed by atoms with E-state index >= 15 is 0 Å². The molecule has 0 saturated carbocycles. The number of nitrogens with zero attached hydrogens (tertiary/aromatic N) is 4. The van der Waals surface area contributed by atoms with Gasteiger partial charge in [-0.3, -0.25) is 14.4 Å². The molecule has 1 saturated heterocycles. The summed E-state index contributed by atoms with van der Waals surface area (Å²) in [5.74, 6) is 0.746. The highest BCUT2D eigenvalue weighted by molar-refractivity contribution is 7.99. The number of fused-ring (bicyclic) bond motifs is 2. The van der Waals surface area contributed by atoms with Crippen LogP contribution in [0.5, 0.6) is 0 Å². The molecule has 5 rings (SSSR count). The van der Waals surface area contributed by atoms with Gasteiger partial charge >= 0.3 is 5.97 Å². The fourth-order valence-electron chi connectivity index (χ4n) is 5.41. The smallest absolute Gasteiger partial charge is 0.305 e. The quantitative estimate of drug-likeness (QED) is 0.361. The van der Waals surface area contributed by atoms with Crippen LogP contribution in [-0.2, 0) is 25.7 Å². The Morgan fingerprint density at radius 1 is 1.21 bits per heavy atom. The van der Waals surface area contributed by atoms with Crippen LogP contribution in [-0.4, -0.2) is 68.0 Å². The van der Waals surface area contributed by atoms with Crippen molar-refractivity contribution in [1.82, 2.24) is 19.2 Å². The van der Waals surface area contributed by atoms with Gasteiger partial charge in [-0.2, -0.15) is 0 Å². The fourth-order valence-corrected chi connectivity index (χ4v) is 6.67. The van der Waals surface area contributed by atoms with Crippen LogP contribution in [0, 0.1) is 0 Å². The Bertz CT molecular complexity index is 1340. The monoisotopic (exact) mass is 534 g/mol. The average molecular weight is 535 g/mol. The Morgan fingerprint density at radius 3 is 2.84 bits per heavy atom. The number of thioether (sulfide) groups is 1. The molecule has 200 valence electrons. The summed E-state index contributed by atoms with van der Waals surface area (Å²) >= 11 is 1.79. The number of ether oxygens (including phenoxy) is 1. The minimum Gasteiger partial charge on any atom is -0.466 e. The normalized spacial score (nSPS) is 20.2. The molecule has 0 bridgehead atoms. The van der Waals surface area contributed by atoms with E-state index in [1.54, 1.807) is 34.7 Å². The van der Waals surface area contributed by atoms with Gasteiger partial charge in [0.2, 0.25) is 11.8 Å². The molecule has 2 atom stereocenters. The van der Waals surface area contributed by atoms with E-state index in [0.29, 0.717) is 45.5 Å². The first-order chi connectivity index (χ1) is 18.4. The van der Waals surface area contributed by atoms with Crippen LogP contribution in [0.2, 0.25) is 0 Å².